The summed E-state index contributed by atoms with van der Waals surface area (Å²) in [5.41, 5.74) is 8.21. The quantitative estimate of drug-likeness (QED) is 0.630. The first kappa shape index (κ1) is 9.33. The normalized spacial score (nSPS) is 9.42. The number of nitrogen functional groups attached to an aromatic ring is 1. The molecule has 0 aliphatic rings. The summed E-state index contributed by atoms with van der Waals surface area (Å²) in [5.74, 6) is 0. The van der Waals surface area contributed by atoms with E-state index < -0.39 is 0 Å². The van der Waals surface area contributed by atoms with E-state index in [1.165, 1.54) is 0 Å². The van der Waals surface area contributed by atoms with Gasteiger partial charge in [0.2, 0.25) is 0 Å². The van der Waals surface area contributed by atoms with Crippen LogP contribution in [0.3, 0.4) is 0 Å². The minimum absolute atomic E-state index is 0.733. The third-order valence-electron chi connectivity index (χ3n) is 1.72. The molecule has 0 atom stereocenters. The van der Waals surface area contributed by atoms with Crippen LogP contribution in [0.25, 0.3) is 0 Å². The van der Waals surface area contributed by atoms with Crippen molar-refractivity contribution in [2.75, 3.05) is 5.73 Å². The summed E-state index contributed by atoms with van der Waals surface area (Å²) >= 11 is 2.13. The number of nitrogens with zero attached hydrogens (tertiary/aromatic N) is 1. The maximum Gasteiger partial charge on any atom is 0.0994 e. The van der Waals surface area contributed by atoms with E-state index >= 15 is 0 Å². The van der Waals surface area contributed by atoms with Crippen LogP contribution in [0.4, 0.5) is 5.69 Å². The van der Waals surface area contributed by atoms with Crippen molar-refractivity contribution in [1.29, 1.82) is 5.26 Å². The molecule has 2 N–H and O–H groups in total. The number of anilines is 1. The highest BCUT2D eigenvalue weighted by atomic mass is 127. The van der Waals surface area contributed by atoms with Crippen molar-refractivity contribution >= 4 is 28.3 Å². The Kier molecular flexibility index (Phi) is 2.93. The molecular weight excluding hydrogens is 263 g/mol. The fraction of sp³-hybridized carbons (Fsp3) is 0.222. The van der Waals surface area contributed by atoms with Crippen molar-refractivity contribution in [3.63, 3.8) is 0 Å². The standard InChI is InChI=1S/C9H9IN2/c1-2-6-4-9(12)8(10)3-7(6)5-11/h3-4H,2,12H2,1H3. The van der Waals surface area contributed by atoms with Crippen molar-refractivity contribution in [3.05, 3.63) is 26.8 Å². The third-order valence-corrected chi connectivity index (χ3v) is 2.66. The van der Waals surface area contributed by atoms with Gasteiger partial charge in [-0.25, -0.2) is 0 Å². The number of hydrogen-bond donors (Lipinski definition) is 1. The molecule has 0 amide bonds. The molecule has 0 heterocycles. The van der Waals surface area contributed by atoms with Gasteiger partial charge in [0.15, 0.2) is 0 Å². The van der Waals surface area contributed by atoms with E-state index in [0.29, 0.717) is 0 Å². The minimum Gasteiger partial charge on any atom is -0.398 e. The second kappa shape index (κ2) is 3.76. The summed E-state index contributed by atoms with van der Waals surface area (Å²) in [6.45, 7) is 2.02. The first-order valence-corrected chi connectivity index (χ1v) is 4.75. The molecule has 3 heteroatoms. The Balaban J connectivity index is 3.31. The zero-order valence-electron chi connectivity index (χ0n) is 6.76. The van der Waals surface area contributed by atoms with Gasteiger partial charge in [0.25, 0.3) is 0 Å². The van der Waals surface area contributed by atoms with E-state index in [1.54, 1.807) is 0 Å². The van der Waals surface area contributed by atoms with E-state index in [9.17, 15) is 0 Å². The lowest BCUT2D eigenvalue weighted by molar-refractivity contribution is 1.13. The number of hydrogen-bond acceptors (Lipinski definition) is 2. The van der Waals surface area contributed by atoms with E-state index in [0.717, 1.165) is 26.8 Å². The van der Waals surface area contributed by atoms with Gasteiger partial charge in [0.05, 0.1) is 11.6 Å². The maximum absolute atomic E-state index is 8.77. The van der Waals surface area contributed by atoms with Crippen LogP contribution in [-0.2, 0) is 6.42 Å². The zero-order chi connectivity index (χ0) is 9.14. The second-order valence-corrected chi connectivity index (χ2v) is 3.66. The van der Waals surface area contributed by atoms with Crippen LogP contribution in [0.15, 0.2) is 12.1 Å². The fourth-order valence-corrected chi connectivity index (χ4v) is 1.50. The highest BCUT2D eigenvalue weighted by molar-refractivity contribution is 14.1. The Labute approximate surface area is 85.5 Å². The van der Waals surface area contributed by atoms with Gasteiger partial charge in [0, 0.05) is 9.26 Å². The molecule has 1 rings (SSSR count). The molecule has 0 aliphatic carbocycles. The number of nitrogens with two attached hydrogens (primary N) is 1. The SMILES string of the molecule is CCc1cc(N)c(I)cc1C#N. The van der Waals surface area contributed by atoms with Crippen LogP contribution in [0, 0.1) is 14.9 Å². The van der Waals surface area contributed by atoms with Crippen LogP contribution in [0.2, 0.25) is 0 Å². The molecule has 0 spiro atoms. The number of aryl methyl sites for hydroxylation is 1. The Morgan fingerprint density at radius 2 is 2.25 bits per heavy atom. The summed E-state index contributed by atoms with van der Waals surface area (Å²) in [6.07, 6.45) is 0.851. The predicted octanol–water partition coefficient (Wildman–Crippen LogP) is 2.31. The molecule has 0 aliphatic heterocycles. The molecule has 1 aromatic rings. The smallest absolute Gasteiger partial charge is 0.0994 e. The van der Waals surface area contributed by atoms with Gasteiger partial charge in [-0.2, -0.15) is 5.26 Å². The van der Waals surface area contributed by atoms with Crippen molar-refractivity contribution < 1.29 is 0 Å². The predicted molar refractivity (Wildman–Crippen MR) is 57.7 cm³/mol. The number of benzene rings is 1. The van der Waals surface area contributed by atoms with Crippen LogP contribution in [0.5, 0.6) is 0 Å². The van der Waals surface area contributed by atoms with Crippen molar-refractivity contribution in [2.45, 2.75) is 13.3 Å². The average molecular weight is 272 g/mol. The fourth-order valence-electron chi connectivity index (χ4n) is 1.03. The van der Waals surface area contributed by atoms with Crippen LogP contribution >= 0.6 is 22.6 Å². The first-order valence-electron chi connectivity index (χ1n) is 3.67. The van der Waals surface area contributed by atoms with Gasteiger partial charge in [-0.1, -0.05) is 6.92 Å². The molecular formula is C9H9IN2. The van der Waals surface area contributed by atoms with Crippen molar-refractivity contribution in [3.8, 4) is 6.07 Å². The lowest BCUT2D eigenvalue weighted by Gasteiger charge is -2.03. The number of nitriles is 1. The van der Waals surface area contributed by atoms with E-state index in [1.807, 2.05) is 19.1 Å². The Hall–Kier alpha value is -0.760. The van der Waals surface area contributed by atoms with Gasteiger partial charge in [0.1, 0.15) is 0 Å². The summed E-state index contributed by atoms with van der Waals surface area (Å²) in [4.78, 5) is 0. The molecule has 0 aromatic heterocycles. The van der Waals surface area contributed by atoms with E-state index in [4.69, 9.17) is 11.0 Å². The number of halogens is 1. The molecule has 0 fully saturated rings. The molecule has 12 heavy (non-hydrogen) atoms. The molecule has 0 saturated heterocycles. The van der Waals surface area contributed by atoms with Crippen LogP contribution in [-0.4, -0.2) is 0 Å². The molecule has 0 bridgehead atoms. The lowest BCUT2D eigenvalue weighted by Crippen LogP contribution is -1.95. The largest absolute Gasteiger partial charge is 0.398 e. The van der Waals surface area contributed by atoms with Crippen LogP contribution < -0.4 is 5.73 Å². The maximum atomic E-state index is 8.77. The summed E-state index contributed by atoms with van der Waals surface area (Å²) in [7, 11) is 0. The highest BCUT2D eigenvalue weighted by Crippen LogP contribution is 2.20. The molecule has 0 saturated carbocycles. The molecule has 0 unspecified atom stereocenters. The summed E-state index contributed by atoms with van der Waals surface area (Å²) < 4.78 is 0.946. The Bertz CT molecular complexity index is 339. The van der Waals surface area contributed by atoms with E-state index in [-0.39, 0.29) is 0 Å². The molecule has 2 nitrogen and oxygen atoms in total. The summed E-state index contributed by atoms with van der Waals surface area (Å²) in [5, 5.41) is 8.77. The molecule has 1 aromatic carbocycles. The van der Waals surface area contributed by atoms with Crippen LogP contribution in [0.1, 0.15) is 18.1 Å². The zero-order valence-corrected chi connectivity index (χ0v) is 8.92. The van der Waals surface area contributed by atoms with E-state index in [2.05, 4.69) is 28.7 Å². The Morgan fingerprint density at radius 3 is 2.75 bits per heavy atom. The first-order chi connectivity index (χ1) is 5.69. The van der Waals surface area contributed by atoms with Crippen molar-refractivity contribution in [1.82, 2.24) is 0 Å². The minimum atomic E-state index is 0.733. The van der Waals surface area contributed by atoms with Gasteiger partial charge in [-0.05, 0) is 46.7 Å². The highest BCUT2D eigenvalue weighted by Gasteiger charge is 2.03. The van der Waals surface area contributed by atoms with Crippen molar-refractivity contribution in [2.24, 2.45) is 0 Å². The average Bonchev–Trinajstić information content (AvgIpc) is 2.09. The lowest BCUT2D eigenvalue weighted by atomic mass is 10.1. The van der Waals surface area contributed by atoms with Gasteiger partial charge in [-0.15, -0.1) is 0 Å². The second-order valence-electron chi connectivity index (χ2n) is 2.50. The summed E-state index contributed by atoms with van der Waals surface area (Å²) in [6, 6.07) is 5.86. The van der Waals surface area contributed by atoms with Gasteiger partial charge < -0.3 is 5.73 Å². The van der Waals surface area contributed by atoms with Gasteiger partial charge >= 0.3 is 0 Å². The third kappa shape index (κ3) is 1.69. The monoisotopic (exact) mass is 272 g/mol. The Morgan fingerprint density at radius 1 is 1.58 bits per heavy atom. The number of rotatable bonds is 1. The topological polar surface area (TPSA) is 49.8 Å². The molecule has 0 radical (unpaired) electrons. The molecule has 62 valence electrons. The van der Waals surface area contributed by atoms with Gasteiger partial charge in [-0.3, -0.25) is 0 Å².